The minimum atomic E-state index is 0.715. The molecule has 1 saturated carbocycles. The van der Waals surface area contributed by atoms with Gasteiger partial charge in [0.05, 0.1) is 0 Å². The van der Waals surface area contributed by atoms with Crippen LogP contribution in [0.3, 0.4) is 0 Å². The molecule has 4 heteroatoms. The number of hydrogen-bond donors (Lipinski definition) is 2. The third kappa shape index (κ3) is 3.33. The number of halogens is 1. The maximum Gasteiger partial charge on any atom is 0.0458 e. The van der Waals surface area contributed by atoms with Crippen LogP contribution in [0.1, 0.15) is 31.2 Å². The highest BCUT2D eigenvalue weighted by Crippen LogP contribution is 2.27. The second-order valence-corrected chi connectivity index (χ2v) is 7.13. The standard InChI is InChI=1S/C17H24BrN3/c1-19-14-4-6-15(7-5-14)21(2)11-12-10-20-17-8-3-13(18)9-16(12)17/h3,8-10,14-15,19-20H,4-7,11H2,1-2H3. The SMILES string of the molecule is CNC1CCC(N(C)Cc2c[nH]c3ccc(Br)cc23)CC1. The summed E-state index contributed by atoms with van der Waals surface area (Å²) in [7, 11) is 4.35. The second-order valence-electron chi connectivity index (χ2n) is 6.21. The zero-order valence-electron chi connectivity index (χ0n) is 12.8. The van der Waals surface area contributed by atoms with Crippen LogP contribution in [0.2, 0.25) is 0 Å². The largest absolute Gasteiger partial charge is 0.361 e. The molecule has 0 spiro atoms. The van der Waals surface area contributed by atoms with Gasteiger partial charge in [-0.25, -0.2) is 0 Å². The van der Waals surface area contributed by atoms with Gasteiger partial charge in [0.25, 0.3) is 0 Å². The molecule has 0 unspecified atom stereocenters. The minimum Gasteiger partial charge on any atom is -0.361 e. The Morgan fingerprint density at radius 2 is 2.05 bits per heavy atom. The van der Waals surface area contributed by atoms with E-state index in [2.05, 4.69) is 69.6 Å². The highest BCUT2D eigenvalue weighted by atomic mass is 79.9. The Hall–Kier alpha value is -0.840. The van der Waals surface area contributed by atoms with Crippen molar-refractivity contribution in [2.45, 2.75) is 44.3 Å². The van der Waals surface area contributed by atoms with Gasteiger partial charge in [-0.3, -0.25) is 4.90 Å². The highest BCUT2D eigenvalue weighted by molar-refractivity contribution is 9.10. The maximum absolute atomic E-state index is 3.57. The first kappa shape index (κ1) is 15.1. The fourth-order valence-corrected chi connectivity index (χ4v) is 3.85. The molecule has 0 radical (unpaired) electrons. The summed E-state index contributed by atoms with van der Waals surface area (Å²) in [5.41, 5.74) is 2.62. The number of rotatable bonds is 4. The van der Waals surface area contributed by atoms with E-state index in [9.17, 15) is 0 Å². The van der Waals surface area contributed by atoms with Crippen molar-refractivity contribution in [1.29, 1.82) is 0 Å². The molecule has 0 aliphatic heterocycles. The van der Waals surface area contributed by atoms with Crippen LogP contribution in [-0.4, -0.2) is 36.1 Å². The number of nitrogens with zero attached hydrogens (tertiary/aromatic N) is 1. The molecule has 1 aromatic heterocycles. The maximum atomic E-state index is 3.57. The van der Waals surface area contributed by atoms with E-state index in [-0.39, 0.29) is 0 Å². The van der Waals surface area contributed by atoms with Crippen LogP contribution in [0.15, 0.2) is 28.9 Å². The summed E-state index contributed by atoms with van der Waals surface area (Å²) in [6.07, 6.45) is 7.35. The molecular formula is C17H24BrN3. The van der Waals surface area contributed by atoms with Crippen molar-refractivity contribution in [3.8, 4) is 0 Å². The van der Waals surface area contributed by atoms with Crippen molar-refractivity contribution in [2.75, 3.05) is 14.1 Å². The van der Waals surface area contributed by atoms with E-state index in [1.54, 1.807) is 0 Å². The average Bonchev–Trinajstić information content (AvgIpc) is 2.89. The molecule has 2 aromatic rings. The summed E-state index contributed by atoms with van der Waals surface area (Å²) in [6.45, 7) is 1.02. The normalized spacial score (nSPS) is 23.0. The van der Waals surface area contributed by atoms with Crippen molar-refractivity contribution in [1.82, 2.24) is 15.2 Å². The zero-order valence-corrected chi connectivity index (χ0v) is 14.4. The van der Waals surface area contributed by atoms with Gasteiger partial charge in [-0.1, -0.05) is 15.9 Å². The van der Waals surface area contributed by atoms with Crippen molar-refractivity contribution in [3.63, 3.8) is 0 Å². The first-order valence-electron chi connectivity index (χ1n) is 7.80. The lowest BCUT2D eigenvalue weighted by Gasteiger charge is -2.34. The van der Waals surface area contributed by atoms with Crippen LogP contribution in [-0.2, 0) is 6.54 Å². The number of hydrogen-bond acceptors (Lipinski definition) is 2. The number of benzene rings is 1. The fourth-order valence-electron chi connectivity index (χ4n) is 3.48. The van der Waals surface area contributed by atoms with Gasteiger partial charge < -0.3 is 10.3 Å². The summed E-state index contributed by atoms with van der Waals surface area (Å²) >= 11 is 3.57. The lowest BCUT2D eigenvalue weighted by atomic mass is 9.90. The summed E-state index contributed by atoms with van der Waals surface area (Å²) in [6, 6.07) is 7.88. The summed E-state index contributed by atoms with van der Waals surface area (Å²) in [4.78, 5) is 5.91. The summed E-state index contributed by atoms with van der Waals surface area (Å²) in [5, 5.41) is 4.74. The lowest BCUT2D eigenvalue weighted by Crippen LogP contribution is -2.39. The van der Waals surface area contributed by atoms with E-state index in [0.717, 1.165) is 17.1 Å². The van der Waals surface area contributed by atoms with Gasteiger partial charge in [0.2, 0.25) is 0 Å². The summed E-state index contributed by atoms with van der Waals surface area (Å²) in [5.74, 6) is 0. The van der Waals surface area contributed by atoms with Gasteiger partial charge >= 0.3 is 0 Å². The Morgan fingerprint density at radius 3 is 2.76 bits per heavy atom. The van der Waals surface area contributed by atoms with Crippen molar-refractivity contribution < 1.29 is 0 Å². The van der Waals surface area contributed by atoms with Gasteiger partial charge in [0, 0.05) is 40.2 Å². The van der Waals surface area contributed by atoms with Crippen molar-refractivity contribution in [2.24, 2.45) is 0 Å². The number of fused-ring (bicyclic) bond motifs is 1. The molecule has 0 saturated heterocycles. The zero-order chi connectivity index (χ0) is 14.8. The Kier molecular flexibility index (Phi) is 4.67. The van der Waals surface area contributed by atoms with Crippen molar-refractivity contribution >= 4 is 26.8 Å². The lowest BCUT2D eigenvalue weighted by molar-refractivity contribution is 0.170. The predicted octanol–water partition coefficient (Wildman–Crippen LogP) is 3.89. The third-order valence-electron chi connectivity index (χ3n) is 4.88. The number of nitrogens with one attached hydrogen (secondary N) is 2. The summed E-state index contributed by atoms with van der Waals surface area (Å²) < 4.78 is 1.15. The molecule has 1 aromatic carbocycles. The molecule has 3 rings (SSSR count). The highest BCUT2D eigenvalue weighted by Gasteiger charge is 2.23. The van der Waals surface area contributed by atoms with Gasteiger partial charge in [0.15, 0.2) is 0 Å². The number of aromatic amines is 1. The molecule has 1 aliphatic carbocycles. The van der Waals surface area contributed by atoms with E-state index in [1.165, 1.54) is 42.1 Å². The molecule has 21 heavy (non-hydrogen) atoms. The minimum absolute atomic E-state index is 0.715. The van der Waals surface area contributed by atoms with Crippen LogP contribution >= 0.6 is 15.9 Å². The molecular weight excluding hydrogens is 326 g/mol. The van der Waals surface area contributed by atoms with Crippen LogP contribution in [0.25, 0.3) is 10.9 Å². The first-order valence-corrected chi connectivity index (χ1v) is 8.59. The number of H-pyrrole nitrogens is 1. The molecule has 2 N–H and O–H groups in total. The van der Waals surface area contributed by atoms with Crippen molar-refractivity contribution in [3.05, 3.63) is 34.4 Å². The predicted molar refractivity (Wildman–Crippen MR) is 92.6 cm³/mol. The smallest absolute Gasteiger partial charge is 0.0458 e. The van der Waals surface area contributed by atoms with Crippen LogP contribution < -0.4 is 5.32 Å². The van der Waals surface area contributed by atoms with Gasteiger partial charge in [0.1, 0.15) is 0 Å². The van der Waals surface area contributed by atoms with E-state index < -0.39 is 0 Å². The van der Waals surface area contributed by atoms with Crippen LogP contribution in [0.4, 0.5) is 0 Å². The van der Waals surface area contributed by atoms with Gasteiger partial charge in [-0.15, -0.1) is 0 Å². The average molecular weight is 350 g/mol. The Morgan fingerprint density at radius 1 is 1.29 bits per heavy atom. The molecule has 3 nitrogen and oxygen atoms in total. The van der Waals surface area contributed by atoms with E-state index >= 15 is 0 Å². The van der Waals surface area contributed by atoms with Gasteiger partial charge in [-0.2, -0.15) is 0 Å². The molecule has 1 fully saturated rings. The van der Waals surface area contributed by atoms with E-state index in [1.807, 2.05) is 0 Å². The van der Waals surface area contributed by atoms with Crippen LogP contribution in [0, 0.1) is 0 Å². The molecule has 0 atom stereocenters. The van der Waals surface area contributed by atoms with Crippen LogP contribution in [0.5, 0.6) is 0 Å². The number of aromatic nitrogens is 1. The Balaban J connectivity index is 1.69. The van der Waals surface area contributed by atoms with Gasteiger partial charge in [-0.05, 0) is 63.5 Å². The quantitative estimate of drug-likeness (QED) is 0.877. The molecule has 0 amide bonds. The van der Waals surface area contributed by atoms with E-state index in [4.69, 9.17) is 0 Å². The molecule has 1 heterocycles. The monoisotopic (exact) mass is 349 g/mol. The third-order valence-corrected chi connectivity index (χ3v) is 5.37. The Labute approximate surface area is 135 Å². The molecule has 0 bridgehead atoms. The Bertz CT molecular complexity index is 599. The second kappa shape index (κ2) is 6.51. The topological polar surface area (TPSA) is 31.1 Å². The fraction of sp³-hybridized carbons (Fsp3) is 0.529. The van der Waals surface area contributed by atoms with E-state index in [0.29, 0.717) is 6.04 Å². The first-order chi connectivity index (χ1) is 10.2. The molecule has 1 aliphatic rings. The molecule has 114 valence electrons.